The Morgan fingerprint density at radius 2 is 2.38 bits per heavy atom. The number of halogens is 1. The van der Waals surface area contributed by atoms with E-state index in [0.29, 0.717) is 22.0 Å². The molecule has 0 bridgehead atoms. The van der Waals surface area contributed by atoms with E-state index in [9.17, 15) is 4.39 Å². The lowest BCUT2D eigenvalue weighted by molar-refractivity contribution is 0.617. The van der Waals surface area contributed by atoms with Crippen molar-refractivity contribution in [2.45, 2.75) is 10.9 Å². The molecule has 0 aliphatic heterocycles. The fourth-order valence-electron chi connectivity index (χ4n) is 1.16. The Bertz CT molecular complexity index is 518. The van der Waals surface area contributed by atoms with Gasteiger partial charge in [0, 0.05) is 5.75 Å². The molecule has 16 heavy (non-hydrogen) atoms. The molecule has 6 heteroatoms. The predicted octanol–water partition coefficient (Wildman–Crippen LogP) is 2.11. The highest BCUT2D eigenvalue weighted by Gasteiger charge is 2.05. The first-order chi connectivity index (χ1) is 7.79. The highest BCUT2D eigenvalue weighted by atomic mass is 32.2. The molecule has 0 aliphatic rings. The normalized spacial score (nSPS) is 10.0. The second kappa shape index (κ2) is 4.77. The summed E-state index contributed by atoms with van der Waals surface area (Å²) in [5.41, 5.74) is 0.940. The Hall–Kier alpha value is -1.87. The van der Waals surface area contributed by atoms with Gasteiger partial charge >= 0.3 is 0 Å². The zero-order chi connectivity index (χ0) is 11.4. The monoisotopic (exact) mass is 234 g/mol. The number of rotatable bonds is 3. The van der Waals surface area contributed by atoms with Crippen LogP contribution in [0.15, 0.2) is 29.7 Å². The van der Waals surface area contributed by atoms with Crippen LogP contribution >= 0.6 is 11.8 Å². The Kier molecular flexibility index (Phi) is 3.17. The maximum atomic E-state index is 13.4. The molecule has 0 aliphatic carbocycles. The van der Waals surface area contributed by atoms with Crippen molar-refractivity contribution in [3.8, 4) is 6.07 Å². The van der Waals surface area contributed by atoms with Gasteiger partial charge in [0.1, 0.15) is 12.1 Å². The summed E-state index contributed by atoms with van der Waals surface area (Å²) >= 11 is 1.33. The molecule has 1 aromatic heterocycles. The average molecular weight is 234 g/mol. The minimum atomic E-state index is -0.314. The second-order valence-corrected chi connectivity index (χ2v) is 3.96. The van der Waals surface area contributed by atoms with Crippen molar-refractivity contribution >= 4 is 11.8 Å². The number of nitriles is 1. The van der Waals surface area contributed by atoms with E-state index < -0.39 is 0 Å². The Labute approximate surface area is 95.5 Å². The third-order valence-electron chi connectivity index (χ3n) is 1.93. The zero-order valence-corrected chi connectivity index (χ0v) is 8.96. The van der Waals surface area contributed by atoms with E-state index in [2.05, 4.69) is 15.2 Å². The molecule has 80 valence electrons. The number of benzene rings is 1. The quantitative estimate of drug-likeness (QED) is 0.826. The molecule has 1 aromatic carbocycles. The summed E-state index contributed by atoms with van der Waals surface area (Å²) in [5, 5.41) is 15.7. The van der Waals surface area contributed by atoms with Crippen molar-refractivity contribution in [1.82, 2.24) is 15.2 Å². The second-order valence-electron chi connectivity index (χ2n) is 3.00. The lowest BCUT2D eigenvalue weighted by Gasteiger charge is -2.01. The van der Waals surface area contributed by atoms with E-state index >= 15 is 0 Å². The molecule has 0 atom stereocenters. The summed E-state index contributed by atoms with van der Waals surface area (Å²) in [5.74, 6) is 0.0994. The van der Waals surface area contributed by atoms with Crippen LogP contribution in [-0.4, -0.2) is 15.2 Å². The van der Waals surface area contributed by atoms with E-state index in [0.717, 1.165) is 0 Å². The summed E-state index contributed by atoms with van der Waals surface area (Å²) < 4.78 is 13.4. The van der Waals surface area contributed by atoms with Gasteiger partial charge in [-0.25, -0.2) is 9.37 Å². The number of aromatic nitrogens is 3. The van der Waals surface area contributed by atoms with Crippen LogP contribution < -0.4 is 0 Å². The molecule has 2 rings (SSSR count). The van der Waals surface area contributed by atoms with Gasteiger partial charge in [0.05, 0.1) is 11.6 Å². The van der Waals surface area contributed by atoms with Crippen LogP contribution in [0.2, 0.25) is 0 Å². The van der Waals surface area contributed by atoms with Gasteiger partial charge in [-0.3, -0.25) is 5.10 Å². The van der Waals surface area contributed by atoms with Gasteiger partial charge in [0.2, 0.25) is 0 Å². The van der Waals surface area contributed by atoms with Crippen molar-refractivity contribution in [2.24, 2.45) is 0 Å². The topological polar surface area (TPSA) is 65.4 Å². The molecular formula is C10H7FN4S. The Morgan fingerprint density at radius 1 is 1.50 bits per heavy atom. The molecule has 0 fully saturated rings. The maximum absolute atomic E-state index is 13.4. The van der Waals surface area contributed by atoms with E-state index in [4.69, 9.17) is 5.26 Å². The molecule has 1 heterocycles. The maximum Gasteiger partial charge on any atom is 0.183 e. The van der Waals surface area contributed by atoms with Crippen LogP contribution in [0.25, 0.3) is 0 Å². The first kappa shape index (κ1) is 10.6. The van der Waals surface area contributed by atoms with Crippen LogP contribution in [0.4, 0.5) is 4.39 Å². The van der Waals surface area contributed by atoms with Crippen LogP contribution in [-0.2, 0) is 5.75 Å². The van der Waals surface area contributed by atoms with Crippen molar-refractivity contribution in [3.63, 3.8) is 0 Å². The van der Waals surface area contributed by atoms with Crippen LogP contribution in [0.1, 0.15) is 11.1 Å². The molecule has 0 saturated heterocycles. The van der Waals surface area contributed by atoms with E-state index in [-0.39, 0.29) is 5.82 Å². The van der Waals surface area contributed by atoms with Gasteiger partial charge in [-0.05, 0) is 23.8 Å². The van der Waals surface area contributed by atoms with Crippen LogP contribution in [0, 0.1) is 17.1 Å². The van der Waals surface area contributed by atoms with Gasteiger partial charge in [0.25, 0.3) is 0 Å². The highest BCUT2D eigenvalue weighted by molar-refractivity contribution is 7.98. The van der Waals surface area contributed by atoms with E-state index in [1.165, 1.54) is 30.2 Å². The molecule has 4 nitrogen and oxygen atoms in total. The van der Waals surface area contributed by atoms with Crippen LogP contribution in [0.5, 0.6) is 0 Å². The third-order valence-corrected chi connectivity index (χ3v) is 2.86. The molecular weight excluding hydrogens is 227 g/mol. The number of thioether (sulfide) groups is 1. The van der Waals surface area contributed by atoms with Gasteiger partial charge in [-0.15, -0.1) is 0 Å². The Balaban J connectivity index is 2.12. The minimum Gasteiger partial charge on any atom is -0.254 e. The summed E-state index contributed by atoms with van der Waals surface area (Å²) in [7, 11) is 0. The molecule has 0 unspecified atom stereocenters. The highest BCUT2D eigenvalue weighted by Crippen LogP contribution is 2.21. The lowest BCUT2D eigenvalue weighted by atomic mass is 10.1. The summed E-state index contributed by atoms with van der Waals surface area (Å²) in [6, 6.07) is 6.27. The number of hydrogen-bond acceptors (Lipinski definition) is 4. The smallest absolute Gasteiger partial charge is 0.183 e. The largest absolute Gasteiger partial charge is 0.254 e. The van der Waals surface area contributed by atoms with Gasteiger partial charge in [0.15, 0.2) is 5.16 Å². The van der Waals surface area contributed by atoms with Crippen molar-refractivity contribution in [1.29, 1.82) is 5.26 Å². The SMILES string of the molecule is N#Cc1ccc(F)c(CSc2ncn[nH]2)c1. The van der Waals surface area contributed by atoms with Crippen molar-refractivity contribution < 1.29 is 4.39 Å². The fraction of sp³-hybridized carbons (Fsp3) is 0.100. The predicted molar refractivity (Wildman–Crippen MR) is 57.1 cm³/mol. The van der Waals surface area contributed by atoms with Crippen LogP contribution in [0.3, 0.4) is 0 Å². The molecule has 0 amide bonds. The zero-order valence-electron chi connectivity index (χ0n) is 8.14. The molecule has 2 aromatic rings. The van der Waals surface area contributed by atoms with Gasteiger partial charge < -0.3 is 0 Å². The van der Waals surface area contributed by atoms with E-state index in [1.807, 2.05) is 6.07 Å². The van der Waals surface area contributed by atoms with Crippen molar-refractivity contribution in [2.75, 3.05) is 0 Å². The fourth-order valence-corrected chi connectivity index (χ4v) is 1.92. The number of nitrogens with one attached hydrogen (secondary N) is 1. The van der Waals surface area contributed by atoms with E-state index in [1.54, 1.807) is 6.07 Å². The number of nitrogens with zero attached hydrogens (tertiary/aromatic N) is 3. The first-order valence-corrected chi connectivity index (χ1v) is 5.45. The number of H-pyrrole nitrogens is 1. The average Bonchev–Trinajstić information content (AvgIpc) is 2.81. The molecule has 1 N–H and O–H groups in total. The number of aromatic amines is 1. The summed E-state index contributed by atoms with van der Waals surface area (Å²) in [6.45, 7) is 0. The lowest BCUT2D eigenvalue weighted by Crippen LogP contribution is -1.89. The van der Waals surface area contributed by atoms with Gasteiger partial charge in [-0.1, -0.05) is 11.8 Å². The van der Waals surface area contributed by atoms with Gasteiger partial charge in [-0.2, -0.15) is 10.4 Å². The minimum absolute atomic E-state index is 0.314. The molecule has 0 spiro atoms. The molecule has 0 radical (unpaired) electrons. The standard InChI is InChI=1S/C10H7FN4S/c11-9-2-1-7(4-12)3-8(9)5-16-10-13-6-14-15-10/h1-3,6H,5H2,(H,13,14,15). The summed E-state index contributed by atoms with van der Waals surface area (Å²) in [4.78, 5) is 3.91. The third kappa shape index (κ3) is 2.38. The summed E-state index contributed by atoms with van der Waals surface area (Å²) in [6.07, 6.45) is 1.39. The Morgan fingerprint density at radius 3 is 3.06 bits per heavy atom. The first-order valence-electron chi connectivity index (χ1n) is 4.46. The number of hydrogen-bond donors (Lipinski definition) is 1. The molecule has 0 saturated carbocycles. The van der Waals surface area contributed by atoms with Crippen molar-refractivity contribution in [3.05, 3.63) is 41.5 Å².